The van der Waals surface area contributed by atoms with E-state index in [4.69, 9.17) is 4.74 Å². The Hall–Kier alpha value is -4.41. The van der Waals surface area contributed by atoms with E-state index in [1.165, 1.54) is 16.2 Å². The minimum absolute atomic E-state index is 0.0486. The maximum atomic E-state index is 13.5. The van der Waals surface area contributed by atoms with Gasteiger partial charge in [0.25, 0.3) is 5.91 Å². The summed E-state index contributed by atoms with van der Waals surface area (Å²) in [6.45, 7) is 3.86. The smallest absolute Gasteiger partial charge is 0.274 e. The number of amides is 3. The molecule has 4 aromatic rings. The first-order chi connectivity index (χ1) is 20.3. The van der Waals surface area contributed by atoms with Crippen LogP contribution in [0.2, 0.25) is 0 Å². The molecule has 2 aromatic carbocycles. The maximum absolute atomic E-state index is 13.5. The van der Waals surface area contributed by atoms with Crippen molar-refractivity contribution in [2.24, 2.45) is 0 Å². The van der Waals surface area contributed by atoms with Gasteiger partial charge in [0.2, 0.25) is 11.8 Å². The Morgan fingerprint density at radius 2 is 1.95 bits per heavy atom. The second kappa shape index (κ2) is 11.1. The molecule has 0 saturated heterocycles. The van der Waals surface area contributed by atoms with Gasteiger partial charge in [-0.1, -0.05) is 36.4 Å². The lowest BCUT2D eigenvalue weighted by molar-refractivity contribution is -0.120. The SMILES string of the molecule is COC(C)c1ccccc1CN(CC(=O)Nc1ccc2c(c1)CC1(C2)C(=O)Nc2ncccc21)C(=O)c1csc(C)n1. The molecular weight excluding hydrogens is 550 g/mol. The largest absolute Gasteiger partial charge is 0.377 e. The zero-order valence-electron chi connectivity index (χ0n) is 23.6. The predicted molar refractivity (Wildman–Crippen MR) is 160 cm³/mol. The number of hydrogen-bond donors (Lipinski definition) is 2. The molecule has 42 heavy (non-hydrogen) atoms. The summed E-state index contributed by atoms with van der Waals surface area (Å²) in [6.07, 6.45) is 2.61. The third-order valence-corrected chi connectivity index (χ3v) is 8.91. The molecule has 2 N–H and O–H groups in total. The zero-order chi connectivity index (χ0) is 29.4. The molecule has 2 atom stereocenters. The number of benzene rings is 2. The van der Waals surface area contributed by atoms with E-state index in [2.05, 4.69) is 20.6 Å². The van der Waals surface area contributed by atoms with Crippen molar-refractivity contribution in [3.8, 4) is 0 Å². The van der Waals surface area contributed by atoms with Crippen molar-refractivity contribution >= 4 is 40.6 Å². The first-order valence-corrected chi connectivity index (χ1v) is 14.7. The van der Waals surface area contributed by atoms with Crippen LogP contribution >= 0.6 is 11.3 Å². The highest BCUT2D eigenvalue weighted by molar-refractivity contribution is 7.09. The molecule has 0 saturated carbocycles. The number of ether oxygens (including phenoxy) is 1. The topological polar surface area (TPSA) is 114 Å². The molecular formula is C32H31N5O4S. The van der Waals surface area contributed by atoms with Gasteiger partial charge in [-0.05, 0) is 67.1 Å². The van der Waals surface area contributed by atoms with Crippen LogP contribution in [-0.2, 0) is 39.1 Å². The number of thiazole rings is 1. The number of carbonyl (C=O) groups excluding carboxylic acids is 3. The third-order valence-electron chi connectivity index (χ3n) is 8.13. The minimum atomic E-state index is -0.684. The Balaban J connectivity index is 1.21. The monoisotopic (exact) mass is 581 g/mol. The standard InChI is InChI=1S/C32H31N5O4S/c1-19(41-3)25-8-5-4-7-22(25)16-37(30(39)27-18-42-20(2)34-27)17-28(38)35-24-11-10-21-14-32(15-23(21)13-24)26-9-6-12-33-29(26)36-31(32)40/h4-13,18-19H,14-17H2,1-3H3,(H,35,38)(H,33,36,40). The summed E-state index contributed by atoms with van der Waals surface area (Å²) >= 11 is 1.39. The molecule has 3 amide bonds. The third kappa shape index (κ3) is 5.08. The molecule has 2 unspecified atom stereocenters. The van der Waals surface area contributed by atoms with Gasteiger partial charge in [-0.25, -0.2) is 9.97 Å². The average Bonchev–Trinajstić information content (AvgIpc) is 3.67. The van der Waals surface area contributed by atoms with Crippen molar-refractivity contribution < 1.29 is 19.1 Å². The molecule has 0 fully saturated rings. The van der Waals surface area contributed by atoms with Gasteiger partial charge in [0.05, 0.1) is 16.5 Å². The van der Waals surface area contributed by atoms with Crippen molar-refractivity contribution in [2.75, 3.05) is 24.3 Å². The second-order valence-corrected chi connectivity index (χ2v) is 11.9. The molecule has 3 heterocycles. The second-order valence-electron chi connectivity index (χ2n) is 10.8. The number of carbonyl (C=O) groups is 3. The summed E-state index contributed by atoms with van der Waals surface area (Å²) < 4.78 is 5.54. The number of nitrogens with zero attached hydrogens (tertiary/aromatic N) is 3. The number of hydrogen-bond acceptors (Lipinski definition) is 7. The van der Waals surface area contributed by atoms with Gasteiger partial charge in [0, 0.05) is 36.5 Å². The highest BCUT2D eigenvalue weighted by Crippen LogP contribution is 2.46. The van der Waals surface area contributed by atoms with E-state index in [1.54, 1.807) is 18.7 Å². The van der Waals surface area contributed by atoms with Crippen LogP contribution in [0, 0.1) is 6.92 Å². The van der Waals surface area contributed by atoms with E-state index < -0.39 is 5.41 Å². The van der Waals surface area contributed by atoms with E-state index in [-0.39, 0.29) is 36.9 Å². The quantitative estimate of drug-likeness (QED) is 0.308. The van der Waals surface area contributed by atoms with Crippen LogP contribution < -0.4 is 10.6 Å². The van der Waals surface area contributed by atoms with Crippen LogP contribution in [-0.4, -0.2) is 46.2 Å². The lowest BCUT2D eigenvalue weighted by atomic mass is 9.79. The van der Waals surface area contributed by atoms with Gasteiger partial charge in [-0.15, -0.1) is 11.3 Å². The highest BCUT2D eigenvalue weighted by atomic mass is 32.1. The molecule has 1 aliphatic carbocycles. The Morgan fingerprint density at radius 1 is 1.14 bits per heavy atom. The number of nitrogens with one attached hydrogen (secondary N) is 2. The summed E-state index contributed by atoms with van der Waals surface area (Å²) in [5, 5.41) is 8.39. The van der Waals surface area contributed by atoms with Gasteiger partial charge in [0.15, 0.2) is 0 Å². The van der Waals surface area contributed by atoms with Crippen molar-refractivity contribution in [2.45, 2.75) is 44.8 Å². The van der Waals surface area contributed by atoms with E-state index in [0.717, 1.165) is 32.8 Å². The van der Waals surface area contributed by atoms with Crippen LogP contribution in [0.25, 0.3) is 0 Å². The molecule has 10 heteroatoms. The summed E-state index contributed by atoms with van der Waals surface area (Å²) in [5.74, 6) is -0.0731. The van der Waals surface area contributed by atoms with E-state index in [1.807, 2.05) is 68.4 Å². The fraction of sp³-hybridized carbons (Fsp3) is 0.281. The summed E-state index contributed by atoms with van der Waals surface area (Å²) in [4.78, 5) is 50.2. The van der Waals surface area contributed by atoms with Crippen molar-refractivity contribution in [1.29, 1.82) is 0 Å². The molecule has 214 valence electrons. The number of fused-ring (bicyclic) bond motifs is 3. The van der Waals surface area contributed by atoms with Gasteiger partial charge < -0.3 is 20.3 Å². The Labute approximate surface area is 248 Å². The highest BCUT2D eigenvalue weighted by Gasteiger charge is 2.51. The predicted octanol–water partition coefficient (Wildman–Crippen LogP) is 4.82. The molecule has 0 bridgehead atoms. The van der Waals surface area contributed by atoms with Crippen LogP contribution in [0.4, 0.5) is 11.5 Å². The molecule has 1 aliphatic heterocycles. The fourth-order valence-electron chi connectivity index (χ4n) is 5.95. The van der Waals surface area contributed by atoms with E-state index in [9.17, 15) is 14.4 Å². The number of pyridine rings is 1. The van der Waals surface area contributed by atoms with Crippen LogP contribution in [0.15, 0.2) is 66.2 Å². The first kappa shape index (κ1) is 27.7. The van der Waals surface area contributed by atoms with Gasteiger partial charge in [-0.3, -0.25) is 14.4 Å². The summed E-state index contributed by atoms with van der Waals surface area (Å²) in [5.41, 5.74) is 5.08. The molecule has 2 aromatic heterocycles. The minimum Gasteiger partial charge on any atom is -0.377 e. The molecule has 1 spiro atoms. The van der Waals surface area contributed by atoms with Crippen molar-refractivity contribution in [3.63, 3.8) is 0 Å². The van der Waals surface area contributed by atoms with Crippen LogP contribution in [0.5, 0.6) is 0 Å². The number of anilines is 2. The maximum Gasteiger partial charge on any atom is 0.274 e. The number of aromatic nitrogens is 2. The summed E-state index contributed by atoms with van der Waals surface area (Å²) in [6, 6.07) is 17.3. The van der Waals surface area contributed by atoms with E-state index in [0.29, 0.717) is 30.0 Å². The fourth-order valence-corrected chi connectivity index (χ4v) is 6.54. The number of rotatable bonds is 8. The van der Waals surface area contributed by atoms with Gasteiger partial charge in [-0.2, -0.15) is 0 Å². The molecule has 9 nitrogen and oxygen atoms in total. The van der Waals surface area contributed by atoms with Gasteiger partial charge in [0.1, 0.15) is 18.1 Å². The van der Waals surface area contributed by atoms with Crippen LogP contribution in [0.1, 0.15) is 56.3 Å². The Kier molecular flexibility index (Phi) is 7.34. The van der Waals surface area contributed by atoms with Crippen molar-refractivity contribution in [1.82, 2.24) is 14.9 Å². The Bertz CT molecular complexity index is 1700. The van der Waals surface area contributed by atoms with Crippen molar-refractivity contribution in [3.05, 3.63) is 105 Å². The average molecular weight is 582 g/mol. The molecule has 0 radical (unpaired) electrons. The molecule has 6 rings (SSSR count). The van der Waals surface area contributed by atoms with E-state index >= 15 is 0 Å². The van der Waals surface area contributed by atoms with Gasteiger partial charge >= 0.3 is 0 Å². The number of aryl methyl sites for hydroxylation is 1. The molecule has 2 aliphatic rings. The normalized spacial score (nSPS) is 17.5. The Morgan fingerprint density at radius 3 is 2.74 bits per heavy atom. The lowest BCUT2D eigenvalue weighted by Gasteiger charge is -2.24. The van der Waals surface area contributed by atoms with Crippen LogP contribution in [0.3, 0.4) is 0 Å². The lowest BCUT2D eigenvalue weighted by Crippen LogP contribution is -2.38. The zero-order valence-corrected chi connectivity index (χ0v) is 24.5. The first-order valence-electron chi connectivity index (χ1n) is 13.8. The number of methoxy groups -OCH3 is 1. The summed E-state index contributed by atoms with van der Waals surface area (Å²) in [7, 11) is 1.64.